The summed E-state index contributed by atoms with van der Waals surface area (Å²) in [6.45, 7) is 4.22. The molecule has 0 aromatic carbocycles. The molecule has 1 aliphatic carbocycles. The molecule has 2 aliphatic rings. The van der Waals surface area contributed by atoms with Crippen LogP contribution in [0.3, 0.4) is 0 Å². The predicted octanol–water partition coefficient (Wildman–Crippen LogP) is 1.20. The number of aliphatic imine (C=N–C) groups is 1. The Morgan fingerprint density at radius 2 is 2.31 bits per heavy atom. The molecule has 0 bridgehead atoms. The monoisotopic (exact) mass is 181 g/mol. The van der Waals surface area contributed by atoms with Crippen LogP contribution in [0.4, 0.5) is 0 Å². The van der Waals surface area contributed by atoms with Crippen LogP contribution < -0.4 is 5.73 Å². The molecule has 1 aliphatic heterocycles. The number of hydrogen-bond donors (Lipinski definition) is 1. The molecule has 74 valence electrons. The third-order valence-electron chi connectivity index (χ3n) is 3.29. The van der Waals surface area contributed by atoms with Gasteiger partial charge < -0.3 is 10.6 Å². The van der Waals surface area contributed by atoms with Crippen LogP contribution in [-0.4, -0.2) is 30.0 Å². The summed E-state index contributed by atoms with van der Waals surface area (Å²) in [6, 6.07) is 0.633. The van der Waals surface area contributed by atoms with Gasteiger partial charge in [-0.15, -0.1) is 0 Å². The summed E-state index contributed by atoms with van der Waals surface area (Å²) in [7, 11) is 0. The lowest BCUT2D eigenvalue weighted by Gasteiger charge is -2.37. The van der Waals surface area contributed by atoms with Gasteiger partial charge in [-0.1, -0.05) is 13.3 Å². The van der Waals surface area contributed by atoms with E-state index in [1.165, 1.54) is 25.7 Å². The van der Waals surface area contributed by atoms with Crippen LogP contribution in [0.15, 0.2) is 4.99 Å². The molecule has 2 N–H and O–H groups in total. The average Bonchev–Trinajstić information content (AvgIpc) is 2.33. The smallest absolute Gasteiger partial charge is 0.191 e. The molecule has 0 aromatic rings. The normalized spacial score (nSPS) is 28.8. The Kier molecular flexibility index (Phi) is 2.42. The number of nitrogens with zero attached hydrogens (tertiary/aromatic N) is 2. The molecule has 3 heteroatoms. The van der Waals surface area contributed by atoms with Gasteiger partial charge in [0, 0.05) is 6.54 Å². The van der Waals surface area contributed by atoms with Crippen LogP contribution in [0.25, 0.3) is 0 Å². The van der Waals surface area contributed by atoms with E-state index in [0.29, 0.717) is 6.04 Å². The van der Waals surface area contributed by atoms with Crippen molar-refractivity contribution in [2.45, 2.75) is 38.6 Å². The quantitative estimate of drug-likeness (QED) is 0.710. The molecule has 0 spiro atoms. The van der Waals surface area contributed by atoms with Crippen molar-refractivity contribution < 1.29 is 0 Å². The van der Waals surface area contributed by atoms with Crippen LogP contribution in [0.1, 0.15) is 32.6 Å². The molecule has 1 heterocycles. The van der Waals surface area contributed by atoms with E-state index in [4.69, 9.17) is 5.73 Å². The first-order chi connectivity index (χ1) is 6.33. The van der Waals surface area contributed by atoms with Crippen molar-refractivity contribution in [2.24, 2.45) is 16.6 Å². The SMILES string of the molecule is CCCN1C(N)=NCC1C1CCC1. The van der Waals surface area contributed by atoms with Crippen molar-refractivity contribution in [1.29, 1.82) is 0 Å². The van der Waals surface area contributed by atoms with Gasteiger partial charge in [0.2, 0.25) is 0 Å². The van der Waals surface area contributed by atoms with Crippen molar-refractivity contribution in [3.63, 3.8) is 0 Å². The lowest BCUT2D eigenvalue weighted by molar-refractivity contribution is 0.171. The minimum absolute atomic E-state index is 0.633. The summed E-state index contributed by atoms with van der Waals surface area (Å²) in [5.74, 6) is 1.65. The van der Waals surface area contributed by atoms with Gasteiger partial charge in [-0.05, 0) is 25.2 Å². The molecule has 0 aromatic heterocycles. The van der Waals surface area contributed by atoms with E-state index in [0.717, 1.165) is 25.0 Å². The van der Waals surface area contributed by atoms with Crippen molar-refractivity contribution in [3.05, 3.63) is 0 Å². The summed E-state index contributed by atoms with van der Waals surface area (Å²) in [5, 5.41) is 0. The van der Waals surface area contributed by atoms with Crippen LogP contribution in [0.2, 0.25) is 0 Å². The Morgan fingerprint density at radius 1 is 1.54 bits per heavy atom. The molecule has 1 unspecified atom stereocenters. The summed E-state index contributed by atoms with van der Waals surface area (Å²) < 4.78 is 0. The lowest BCUT2D eigenvalue weighted by Crippen LogP contribution is -2.46. The largest absolute Gasteiger partial charge is 0.370 e. The van der Waals surface area contributed by atoms with Gasteiger partial charge >= 0.3 is 0 Å². The Hall–Kier alpha value is -0.730. The minimum atomic E-state index is 0.633. The highest BCUT2D eigenvalue weighted by molar-refractivity contribution is 5.80. The average molecular weight is 181 g/mol. The van der Waals surface area contributed by atoms with E-state index >= 15 is 0 Å². The van der Waals surface area contributed by atoms with Gasteiger partial charge in [-0.3, -0.25) is 4.99 Å². The first-order valence-corrected chi connectivity index (χ1v) is 5.39. The third kappa shape index (κ3) is 1.52. The Balaban J connectivity index is 1.96. The fraction of sp³-hybridized carbons (Fsp3) is 0.900. The highest BCUT2D eigenvalue weighted by Gasteiger charge is 2.35. The fourth-order valence-electron chi connectivity index (χ4n) is 2.30. The maximum absolute atomic E-state index is 5.85. The van der Waals surface area contributed by atoms with Gasteiger partial charge in [0.15, 0.2) is 5.96 Å². The second kappa shape index (κ2) is 3.56. The first-order valence-electron chi connectivity index (χ1n) is 5.39. The molecule has 3 nitrogen and oxygen atoms in total. The fourth-order valence-corrected chi connectivity index (χ4v) is 2.30. The highest BCUT2D eigenvalue weighted by atomic mass is 15.3. The number of rotatable bonds is 3. The lowest BCUT2D eigenvalue weighted by atomic mass is 9.79. The van der Waals surface area contributed by atoms with Gasteiger partial charge in [0.25, 0.3) is 0 Å². The molecule has 1 atom stereocenters. The highest BCUT2D eigenvalue weighted by Crippen LogP contribution is 2.33. The minimum Gasteiger partial charge on any atom is -0.370 e. The van der Waals surface area contributed by atoms with Crippen molar-refractivity contribution >= 4 is 5.96 Å². The standard InChI is InChI=1S/C10H19N3/c1-2-6-13-9(7-12-10(13)11)8-4-3-5-8/h8-9H,2-7H2,1H3,(H2,11,12). The molecule has 0 radical (unpaired) electrons. The molecular formula is C10H19N3. The predicted molar refractivity (Wildman–Crippen MR) is 54.6 cm³/mol. The topological polar surface area (TPSA) is 41.6 Å². The molecular weight excluding hydrogens is 162 g/mol. The van der Waals surface area contributed by atoms with Crippen LogP contribution in [-0.2, 0) is 0 Å². The van der Waals surface area contributed by atoms with Gasteiger partial charge in [0.05, 0.1) is 12.6 Å². The van der Waals surface area contributed by atoms with Gasteiger partial charge in [-0.2, -0.15) is 0 Å². The Labute approximate surface area is 80.0 Å². The summed E-state index contributed by atoms with van der Waals surface area (Å²) in [5.41, 5.74) is 5.85. The van der Waals surface area contributed by atoms with Crippen LogP contribution in [0.5, 0.6) is 0 Å². The number of guanidine groups is 1. The molecule has 1 saturated carbocycles. The first kappa shape index (κ1) is 8.85. The zero-order valence-corrected chi connectivity index (χ0v) is 8.37. The zero-order chi connectivity index (χ0) is 9.26. The van der Waals surface area contributed by atoms with Crippen molar-refractivity contribution in [3.8, 4) is 0 Å². The van der Waals surface area contributed by atoms with E-state index in [-0.39, 0.29) is 0 Å². The van der Waals surface area contributed by atoms with Crippen LogP contribution >= 0.6 is 0 Å². The van der Waals surface area contributed by atoms with Gasteiger partial charge in [0.1, 0.15) is 0 Å². The maximum Gasteiger partial charge on any atom is 0.191 e. The van der Waals surface area contributed by atoms with E-state index in [1.807, 2.05) is 0 Å². The summed E-state index contributed by atoms with van der Waals surface area (Å²) >= 11 is 0. The van der Waals surface area contributed by atoms with E-state index < -0.39 is 0 Å². The molecule has 2 rings (SSSR count). The second-order valence-electron chi connectivity index (χ2n) is 4.15. The van der Waals surface area contributed by atoms with Crippen molar-refractivity contribution in [1.82, 2.24) is 4.90 Å². The van der Waals surface area contributed by atoms with E-state index in [1.54, 1.807) is 0 Å². The summed E-state index contributed by atoms with van der Waals surface area (Å²) in [4.78, 5) is 6.65. The third-order valence-corrected chi connectivity index (χ3v) is 3.29. The van der Waals surface area contributed by atoms with E-state index in [9.17, 15) is 0 Å². The molecule has 0 amide bonds. The number of hydrogen-bond acceptors (Lipinski definition) is 3. The molecule has 0 saturated heterocycles. The second-order valence-corrected chi connectivity index (χ2v) is 4.15. The van der Waals surface area contributed by atoms with Gasteiger partial charge in [-0.25, -0.2) is 0 Å². The summed E-state index contributed by atoms with van der Waals surface area (Å²) in [6.07, 6.45) is 5.34. The van der Waals surface area contributed by atoms with E-state index in [2.05, 4.69) is 16.8 Å². The van der Waals surface area contributed by atoms with Crippen LogP contribution in [0, 0.1) is 5.92 Å². The molecule has 13 heavy (non-hydrogen) atoms. The Bertz CT molecular complexity index is 208. The Morgan fingerprint density at radius 3 is 2.85 bits per heavy atom. The van der Waals surface area contributed by atoms with Crippen molar-refractivity contribution in [2.75, 3.05) is 13.1 Å². The molecule has 1 fully saturated rings. The maximum atomic E-state index is 5.85. The zero-order valence-electron chi connectivity index (χ0n) is 8.37. The number of nitrogens with two attached hydrogens (primary N) is 1.